The third-order valence-electron chi connectivity index (χ3n) is 7.70. The maximum absolute atomic E-state index is 13.0. The second kappa shape index (κ2) is 11.9. The van der Waals surface area contributed by atoms with Gasteiger partial charge in [0.15, 0.2) is 11.0 Å². The van der Waals surface area contributed by atoms with Crippen molar-refractivity contribution in [3.05, 3.63) is 76.7 Å². The molecule has 0 spiro atoms. The molecule has 1 unspecified atom stereocenters. The van der Waals surface area contributed by atoms with E-state index < -0.39 is 0 Å². The summed E-state index contributed by atoms with van der Waals surface area (Å²) in [7, 11) is 0. The highest BCUT2D eigenvalue weighted by molar-refractivity contribution is 7.99. The van der Waals surface area contributed by atoms with E-state index in [0.717, 1.165) is 64.8 Å². The molecule has 0 aliphatic heterocycles. The summed E-state index contributed by atoms with van der Waals surface area (Å²) in [4.78, 5) is 19.2. The number of hydrogen-bond acceptors (Lipinski definition) is 7. The highest BCUT2D eigenvalue weighted by atomic mass is 32.2. The van der Waals surface area contributed by atoms with Gasteiger partial charge in [-0.15, -0.1) is 21.5 Å². The Morgan fingerprint density at radius 2 is 1.95 bits per heavy atom. The largest absolute Gasteiger partial charge is 0.316 e. The van der Waals surface area contributed by atoms with Gasteiger partial charge >= 0.3 is 0 Å². The van der Waals surface area contributed by atoms with E-state index in [1.54, 1.807) is 11.3 Å². The first kappa shape index (κ1) is 27.2. The third-order valence-corrected chi connectivity index (χ3v) is 9.84. The van der Waals surface area contributed by atoms with Crippen LogP contribution in [0.5, 0.6) is 0 Å². The lowest BCUT2D eigenvalue weighted by atomic mass is 9.86. The van der Waals surface area contributed by atoms with Gasteiger partial charge in [0.05, 0.1) is 22.5 Å². The number of hydrogen-bond donors (Lipinski definition) is 1. The molecule has 0 saturated carbocycles. The molecule has 3 heterocycles. The van der Waals surface area contributed by atoms with Gasteiger partial charge in [0.2, 0.25) is 5.91 Å². The van der Waals surface area contributed by atoms with Crippen molar-refractivity contribution in [1.29, 1.82) is 5.26 Å². The molecule has 41 heavy (non-hydrogen) atoms. The number of pyridine rings is 1. The summed E-state index contributed by atoms with van der Waals surface area (Å²) >= 11 is 2.92. The van der Waals surface area contributed by atoms with Crippen LogP contribution in [0.15, 0.2) is 65.8 Å². The Balaban J connectivity index is 1.25. The highest BCUT2D eigenvalue weighted by Crippen LogP contribution is 2.40. The number of carbonyl (C=O) groups excluding carboxylic acids is 1. The maximum atomic E-state index is 13.0. The van der Waals surface area contributed by atoms with Crippen LogP contribution in [0.1, 0.15) is 42.7 Å². The second-order valence-electron chi connectivity index (χ2n) is 10.2. The SMILES string of the molecule is CCC1CCc2c(sc(NC(=O)CSc3nnc(-c4cc(-c5ccccc5)nc5ccccc45)n3CC)c2C#N)C1. The fraction of sp³-hybridized carbons (Fsp3) is 0.281. The number of nitrogens with one attached hydrogen (secondary N) is 1. The molecule has 2 aromatic carbocycles. The van der Waals surface area contributed by atoms with E-state index >= 15 is 0 Å². The second-order valence-corrected chi connectivity index (χ2v) is 12.2. The molecule has 1 aliphatic rings. The average molecular weight is 579 g/mol. The molecule has 0 radical (unpaired) electrons. The summed E-state index contributed by atoms with van der Waals surface area (Å²) in [6.07, 6.45) is 4.15. The molecule has 1 N–H and O–H groups in total. The zero-order chi connectivity index (χ0) is 28.3. The fourth-order valence-corrected chi connectivity index (χ4v) is 7.63. The summed E-state index contributed by atoms with van der Waals surface area (Å²) in [5, 5.41) is 24.3. The number of thiophene rings is 1. The Morgan fingerprint density at radius 3 is 2.73 bits per heavy atom. The first-order valence-electron chi connectivity index (χ1n) is 14.0. The lowest BCUT2D eigenvalue weighted by Crippen LogP contribution is -2.15. The number of rotatable bonds is 8. The molecule has 1 atom stereocenters. The van der Waals surface area contributed by atoms with Crippen LogP contribution < -0.4 is 5.32 Å². The van der Waals surface area contributed by atoms with Gasteiger partial charge < -0.3 is 9.88 Å². The molecular formula is C32H30N6OS2. The molecule has 5 aromatic rings. The van der Waals surface area contributed by atoms with Crippen LogP contribution in [0.4, 0.5) is 5.00 Å². The van der Waals surface area contributed by atoms with Crippen molar-refractivity contribution >= 4 is 44.9 Å². The predicted molar refractivity (Wildman–Crippen MR) is 166 cm³/mol. The van der Waals surface area contributed by atoms with E-state index in [9.17, 15) is 10.1 Å². The summed E-state index contributed by atoms with van der Waals surface area (Å²) < 4.78 is 2.05. The molecule has 1 aliphatic carbocycles. The number of aromatic nitrogens is 4. The summed E-state index contributed by atoms with van der Waals surface area (Å²) in [6.45, 7) is 4.92. The zero-order valence-corrected chi connectivity index (χ0v) is 24.7. The van der Waals surface area contributed by atoms with Crippen molar-refractivity contribution in [2.75, 3.05) is 11.1 Å². The number of benzene rings is 2. The first-order valence-corrected chi connectivity index (χ1v) is 15.8. The number of carbonyl (C=O) groups is 1. The van der Waals surface area contributed by atoms with Gasteiger partial charge in [0.25, 0.3) is 0 Å². The van der Waals surface area contributed by atoms with Crippen molar-refractivity contribution in [3.8, 4) is 28.7 Å². The molecule has 9 heteroatoms. The van der Waals surface area contributed by atoms with Gasteiger partial charge in [0.1, 0.15) is 11.1 Å². The van der Waals surface area contributed by atoms with Crippen molar-refractivity contribution in [2.24, 2.45) is 5.92 Å². The third kappa shape index (κ3) is 5.37. The van der Waals surface area contributed by atoms with Crippen LogP contribution in [0.3, 0.4) is 0 Å². The van der Waals surface area contributed by atoms with Gasteiger partial charge in [-0.05, 0) is 49.8 Å². The summed E-state index contributed by atoms with van der Waals surface area (Å²) in [6, 6.07) is 22.6. The Hall–Kier alpha value is -4.00. The van der Waals surface area contributed by atoms with Crippen molar-refractivity contribution < 1.29 is 4.79 Å². The monoisotopic (exact) mass is 578 g/mol. The number of para-hydroxylation sites is 1. The minimum absolute atomic E-state index is 0.148. The Kier molecular flexibility index (Phi) is 7.86. The molecule has 3 aromatic heterocycles. The van der Waals surface area contributed by atoms with E-state index in [1.807, 2.05) is 41.0 Å². The van der Waals surface area contributed by atoms with Crippen LogP contribution >= 0.6 is 23.1 Å². The molecular weight excluding hydrogens is 549 g/mol. The van der Waals surface area contributed by atoms with Crippen LogP contribution in [0.2, 0.25) is 0 Å². The topological polar surface area (TPSA) is 96.5 Å². The van der Waals surface area contributed by atoms with Gasteiger partial charge in [-0.2, -0.15) is 5.26 Å². The number of fused-ring (bicyclic) bond motifs is 2. The van der Waals surface area contributed by atoms with E-state index in [-0.39, 0.29) is 11.7 Å². The normalized spacial score (nSPS) is 14.5. The molecule has 206 valence electrons. The van der Waals surface area contributed by atoms with E-state index in [4.69, 9.17) is 4.98 Å². The number of anilines is 1. The molecule has 0 fully saturated rings. The fourth-order valence-electron chi connectivity index (χ4n) is 5.50. The molecule has 6 rings (SSSR count). The average Bonchev–Trinajstić information content (AvgIpc) is 3.59. The van der Waals surface area contributed by atoms with E-state index in [0.29, 0.717) is 28.2 Å². The van der Waals surface area contributed by atoms with E-state index in [2.05, 4.69) is 59.7 Å². The number of thioether (sulfide) groups is 1. The van der Waals surface area contributed by atoms with Crippen molar-refractivity contribution in [3.63, 3.8) is 0 Å². The van der Waals surface area contributed by atoms with Gasteiger partial charge in [0, 0.05) is 27.9 Å². The van der Waals surface area contributed by atoms with Crippen LogP contribution in [0.25, 0.3) is 33.5 Å². The smallest absolute Gasteiger partial charge is 0.235 e. The van der Waals surface area contributed by atoms with Crippen molar-refractivity contribution in [1.82, 2.24) is 19.7 Å². The Labute approximate surface area is 247 Å². The minimum atomic E-state index is -0.148. The number of amides is 1. The zero-order valence-electron chi connectivity index (χ0n) is 23.1. The van der Waals surface area contributed by atoms with Crippen molar-refractivity contribution in [2.45, 2.75) is 51.2 Å². The molecule has 0 saturated heterocycles. The predicted octanol–water partition coefficient (Wildman–Crippen LogP) is 7.36. The Morgan fingerprint density at radius 1 is 1.15 bits per heavy atom. The van der Waals surface area contributed by atoms with Gasteiger partial charge in [-0.3, -0.25) is 4.79 Å². The standard InChI is InChI=1S/C32H30N6OS2/c1-3-20-14-15-23-25(18-33)31(41-28(23)16-20)35-29(39)19-40-32-37-36-30(38(32)4-2)24-17-27(21-10-6-5-7-11-21)34-26-13-9-8-12-22(24)26/h5-13,17,20H,3-4,14-16,19H2,1-2H3,(H,35,39). The number of nitrogens with zero attached hydrogens (tertiary/aromatic N) is 5. The Bertz CT molecular complexity index is 1770. The first-order chi connectivity index (χ1) is 20.1. The van der Waals surface area contributed by atoms with Crippen LogP contribution in [0, 0.1) is 17.2 Å². The number of nitriles is 1. The summed E-state index contributed by atoms with van der Waals surface area (Å²) in [5.41, 5.74) is 5.51. The summed E-state index contributed by atoms with van der Waals surface area (Å²) in [5.74, 6) is 1.43. The highest BCUT2D eigenvalue weighted by Gasteiger charge is 2.26. The molecule has 0 bridgehead atoms. The van der Waals surface area contributed by atoms with Crippen LogP contribution in [-0.4, -0.2) is 31.4 Å². The quantitative estimate of drug-likeness (QED) is 0.193. The molecule has 7 nitrogen and oxygen atoms in total. The minimum Gasteiger partial charge on any atom is -0.316 e. The van der Waals surface area contributed by atoms with Crippen LogP contribution in [-0.2, 0) is 24.2 Å². The van der Waals surface area contributed by atoms with Gasteiger partial charge in [-0.25, -0.2) is 4.98 Å². The lowest BCUT2D eigenvalue weighted by molar-refractivity contribution is -0.113. The lowest BCUT2D eigenvalue weighted by Gasteiger charge is -2.20. The van der Waals surface area contributed by atoms with E-state index in [1.165, 1.54) is 16.6 Å². The van der Waals surface area contributed by atoms with Gasteiger partial charge in [-0.1, -0.05) is 73.6 Å². The maximum Gasteiger partial charge on any atom is 0.235 e. The molecule has 1 amide bonds.